The SMILES string of the molecule is COc1ccc([C@H](CCF)N2CCNCC2)c(OC)c1.Cl. The third kappa shape index (κ3) is 4.46. The van der Waals surface area contributed by atoms with Gasteiger partial charge in [0.05, 0.1) is 20.9 Å². The van der Waals surface area contributed by atoms with Crippen LogP contribution in [0, 0.1) is 0 Å². The van der Waals surface area contributed by atoms with E-state index in [9.17, 15) is 4.39 Å². The van der Waals surface area contributed by atoms with Crippen LogP contribution in [-0.4, -0.2) is 52.0 Å². The normalized spacial score (nSPS) is 16.9. The van der Waals surface area contributed by atoms with E-state index in [-0.39, 0.29) is 25.1 Å². The van der Waals surface area contributed by atoms with Gasteiger partial charge in [-0.05, 0) is 12.5 Å². The van der Waals surface area contributed by atoms with E-state index in [1.54, 1.807) is 14.2 Å². The summed E-state index contributed by atoms with van der Waals surface area (Å²) in [7, 11) is 3.27. The van der Waals surface area contributed by atoms with Crippen LogP contribution in [0.15, 0.2) is 18.2 Å². The van der Waals surface area contributed by atoms with Gasteiger partial charge in [-0.25, -0.2) is 0 Å². The first kappa shape index (κ1) is 18.0. The van der Waals surface area contributed by atoms with Gasteiger partial charge in [-0.3, -0.25) is 9.29 Å². The maximum atomic E-state index is 13.0. The average molecular weight is 319 g/mol. The van der Waals surface area contributed by atoms with Gasteiger partial charge in [0.1, 0.15) is 11.5 Å². The van der Waals surface area contributed by atoms with Crippen LogP contribution in [0.3, 0.4) is 0 Å². The molecule has 0 bridgehead atoms. The minimum atomic E-state index is -0.330. The van der Waals surface area contributed by atoms with Gasteiger partial charge in [0.25, 0.3) is 0 Å². The molecule has 1 aromatic rings. The standard InChI is InChI=1S/C15H23FN2O2.ClH/c1-19-12-3-4-13(15(11-12)20-2)14(5-6-16)18-9-7-17-8-10-18;/h3-4,11,14,17H,5-10H2,1-2H3;1H/t14-;/m0./s1. The van der Waals surface area contributed by atoms with Gasteiger partial charge in [-0.1, -0.05) is 6.07 Å². The summed E-state index contributed by atoms with van der Waals surface area (Å²) in [6, 6.07) is 5.82. The van der Waals surface area contributed by atoms with Gasteiger partial charge < -0.3 is 14.8 Å². The largest absolute Gasteiger partial charge is 0.497 e. The van der Waals surface area contributed by atoms with E-state index in [1.165, 1.54) is 0 Å². The minimum absolute atomic E-state index is 0. The summed E-state index contributed by atoms with van der Waals surface area (Å²) in [5, 5.41) is 3.32. The molecule has 0 saturated carbocycles. The number of hydrogen-bond donors (Lipinski definition) is 1. The molecule has 1 fully saturated rings. The summed E-state index contributed by atoms with van der Waals surface area (Å²) < 4.78 is 23.6. The van der Waals surface area contributed by atoms with Crippen molar-refractivity contribution in [1.29, 1.82) is 0 Å². The Balaban J connectivity index is 0.00000220. The Hall–Kier alpha value is -1.04. The van der Waals surface area contributed by atoms with Crippen molar-refractivity contribution in [3.63, 3.8) is 0 Å². The van der Waals surface area contributed by atoms with Crippen molar-refractivity contribution >= 4 is 12.4 Å². The first-order chi connectivity index (χ1) is 9.80. The number of ether oxygens (including phenoxy) is 2. The van der Waals surface area contributed by atoms with Gasteiger partial charge >= 0.3 is 0 Å². The van der Waals surface area contributed by atoms with Crippen molar-refractivity contribution in [2.45, 2.75) is 12.5 Å². The van der Waals surface area contributed by atoms with Crippen LogP contribution in [0.1, 0.15) is 18.0 Å². The lowest BCUT2D eigenvalue weighted by molar-refractivity contribution is 0.155. The molecule has 1 heterocycles. The van der Waals surface area contributed by atoms with E-state index in [0.29, 0.717) is 6.42 Å². The lowest BCUT2D eigenvalue weighted by Crippen LogP contribution is -2.45. The molecule has 0 amide bonds. The fraction of sp³-hybridized carbons (Fsp3) is 0.600. The second-order valence-corrected chi connectivity index (χ2v) is 4.89. The number of hydrogen-bond acceptors (Lipinski definition) is 4. The van der Waals surface area contributed by atoms with Crippen molar-refractivity contribution in [1.82, 2.24) is 10.2 Å². The number of nitrogens with one attached hydrogen (secondary N) is 1. The maximum Gasteiger partial charge on any atom is 0.127 e. The van der Waals surface area contributed by atoms with Gasteiger partial charge in [-0.2, -0.15) is 0 Å². The molecule has 0 aliphatic carbocycles. The smallest absolute Gasteiger partial charge is 0.127 e. The summed E-state index contributed by atoms with van der Waals surface area (Å²) in [4.78, 5) is 2.32. The van der Waals surface area contributed by atoms with Crippen molar-refractivity contribution in [3.8, 4) is 11.5 Å². The molecule has 0 spiro atoms. The Labute approximate surface area is 132 Å². The highest BCUT2D eigenvalue weighted by Gasteiger charge is 2.24. The summed E-state index contributed by atoms with van der Waals surface area (Å²) in [5.41, 5.74) is 1.04. The lowest BCUT2D eigenvalue weighted by atomic mass is 10.00. The van der Waals surface area contributed by atoms with Crippen molar-refractivity contribution in [3.05, 3.63) is 23.8 Å². The van der Waals surface area contributed by atoms with Crippen LogP contribution < -0.4 is 14.8 Å². The Bertz CT molecular complexity index is 428. The summed E-state index contributed by atoms with van der Waals surface area (Å²) >= 11 is 0. The van der Waals surface area contributed by atoms with Gasteiger partial charge in [-0.15, -0.1) is 12.4 Å². The number of nitrogens with zero attached hydrogens (tertiary/aromatic N) is 1. The van der Waals surface area contributed by atoms with E-state index < -0.39 is 0 Å². The van der Waals surface area contributed by atoms with Crippen molar-refractivity contribution in [2.24, 2.45) is 0 Å². The molecule has 2 rings (SSSR count). The minimum Gasteiger partial charge on any atom is -0.497 e. The Morgan fingerprint density at radius 1 is 1.24 bits per heavy atom. The molecular weight excluding hydrogens is 295 g/mol. The zero-order valence-corrected chi connectivity index (χ0v) is 13.4. The first-order valence-electron chi connectivity index (χ1n) is 7.02. The van der Waals surface area contributed by atoms with E-state index in [0.717, 1.165) is 43.2 Å². The molecule has 6 heteroatoms. The Morgan fingerprint density at radius 3 is 2.52 bits per heavy atom. The second kappa shape index (κ2) is 9.07. The monoisotopic (exact) mass is 318 g/mol. The second-order valence-electron chi connectivity index (χ2n) is 4.89. The molecule has 1 aromatic carbocycles. The molecule has 0 aromatic heterocycles. The van der Waals surface area contributed by atoms with Gasteiger partial charge in [0, 0.05) is 43.9 Å². The molecule has 1 N–H and O–H groups in total. The summed E-state index contributed by atoms with van der Waals surface area (Å²) in [5.74, 6) is 1.52. The number of piperazine rings is 1. The molecule has 21 heavy (non-hydrogen) atoms. The highest BCUT2D eigenvalue weighted by molar-refractivity contribution is 5.85. The first-order valence-corrected chi connectivity index (χ1v) is 7.02. The zero-order valence-electron chi connectivity index (χ0n) is 12.6. The molecule has 4 nitrogen and oxygen atoms in total. The van der Waals surface area contributed by atoms with Gasteiger partial charge in [0.2, 0.25) is 0 Å². The molecule has 1 atom stereocenters. The van der Waals surface area contributed by atoms with Crippen LogP contribution in [0.25, 0.3) is 0 Å². The Morgan fingerprint density at radius 2 is 1.95 bits per heavy atom. The third-order valence-electron chi connectivity index (χ3n) is 3.77. The van der Waals surface area contributed by atoms with Crippen molar-refractivity contribution < 1.29 is 13.9 Å². The van der Waals surface area contributed by atoms with E-state index >= 15 is 0 Å². The molecule has 0 unspecified atom stereocenters. The molecule has 1 saturated heterocycles. The van der Waals surface area contributed by atoms with Crippen LogP contribution in [-0.2, 0) is 0 Å². The molecule has 0 radical (unpaired) electrons. The third-order valence-corrected chi connectivity index (χ3v) is 3.77. The van der Waals surface area contributed by atoms with E-state index in [1.807, 2.05) is 18.2 Å². The van der Waals surface area contributed by atoms with E-state index in [2.05, 4.69) is 10.2 Å². The van der Waals surface area contributed by atoms with Crippen LogP contribution in [0.4, 0.5) is 4.39 Å². The quantitative estimate of drug-likeness (QED) is 0.873. The maximum absolute atomic E-state index is 13.0. The zero-order chi connectivity index (χ0) is 14.4. The van der Waals surface area contributed by atoms with Crippen LogP contribution in [0.5, 0.6) is 11.5 Å². The van der Waals surface area contributed by atoms with Crippen molar-refractivity contribution in [2.75, 3.05) is 47.1 Å². The van der Waals surface area contributed by atoms with Crippen LogP contribution in [0.2, 0.25) is 0 Å². The van der Waals surface area contributed by atoms with Gasteiger partial charge in [0.15, 0.2) is 0 Å². The number of alkyl halides is 1. The number of halogens is 2. The highest BCUT2D eigenvalue weighted by Crippen LogP contribution is 2.34. The fourth-order valence-corrected chi connectivity index (χ4v) is 2.73. The fourth-order valence-electron chi connectivity index (χ4n) is 2.73. The average Bonchev–Trinajstić information content (AvgIpc) is 2.53. The molecule has 1 aliphatic rings. The summed E-state index contributed by atoms with van der Waals surface area (Å²) in [6.07, 6.45) is 0.489. The number of methoxy groups -OCH3 is 2. The molecular formula is C15H24ClFN2O2. The van der Waals surface area contributed by atoms with Crippen LogP contribution >= 0.6 is 12.4 Å². The Kier molecular flexibility index (Phi) is 7.78. The number of benzene rings is 1. The topological polar surface area (TPSA) is 33.7 Å². The lowest BCUT2D eigenvalue weighted by Gasteiger charge is -2.35. The van der Waals surface area contributed by atoms with E-state index in [4.69, 9.17) is 9.47 Å². The predicted octanol–water partition coefficient (Wildman–Crippen LogP) is 2.43. The predicted molar refractivity (Wildman–Crippen MR) is 84.6 cm³/mol. The molecule has 120 valence electrons. The highest BCUT2D eigenvalue weighted by atomic mass is 35.5. The molecule has 1 aliphatic heterocycles. The summed E-state index contributed by atoms with van der Waals surface area (Å²) in [6.45, 7) is 3.42. The number of rotatable bonds is 6.